The van der Waals surface area contributed by atoms with Gasteiger partial charge in [-0.3, -0.25) is 4.68 Å². The van der Waals surface area contributed by atoms with Crippen LogP contribution in [0.4, 0.5) is 0 Å². The van der Waals surface area contributed by atoms with E-state index < -0.39 is 0 Å². The molecular formula is C13H22N4OS. The third-order valence-corrected chi connectivity index (χ3v) is 3.43. The predicted molar refractivity (Wildman–Crippen MR) is 79.2 cm³/mol. The summed E-state index contributed by atoms with van der Waals surface area (Å²) in [6.45, 7) is 5.46. The third-order valence-electron chi connectivity index (χ3n) is 3.14. The number of aryl methyl sites for hydroxylation is 2. The Kier molecular flexibility index (Phi) is 5.60. The molecule has 0 unspecified atom stereocenters. The molecule has 1 aromatic rings. The first kappa shape index (κ1) is 14.3. The molecule has 0 aliphatic carbocycles. The second kappa shape index (κ2) is 7.45. The van der Waals surface area contributed by atoms with E-state index >= 15 is 0 Å². The maximum atomic E-state index is 5.53. The largest absolute Gasteiger partial charge is 0.376 e. The monoisotopic (exact) mass is 282 g/mol. The van der Waals surface area contributed by atoms with Gasteiger partial charge in [-0.05, 0) is 44.5 Å². The number of ether oxygens (including phenoxy) is 1. The number of hydrogen-bond donors (Lipinski definition) is 2. The first-order valence-corrected chi connectivity index (χ1v) is 7.28. The molecule has 2 heterocycles. The Balaban J connectivity index is 1.51. The first-order valence-electron chi connectivity index (χ1n) is 6.87. The molecule has 2 N–H and O–H groups in total. The summed E-state index contributed by atoms with van der Waals surface area (Å²) in [4.78, 5) is 0. The Bertz CT molecular complexity index is 401. The molecule has 2 rings (SSSR count). The molecule has 0 saturated carbocycles. The lowest BCUT2D eigenvalue weighted by molar-refractivity contribution is 0.114. The molecule has 0 amide bonds. The van der Waals surface area contributed by atoms with Crippen molar-refractivity contribution in [1.82, 2.24) is 20.4 Å². The molecule has 5 nitrogen and oxygen atoms in total. The van der Waals surface area contributed by atoms with E-state index in [9.17, 15) is 0 Å². The lowest BCUT2D eigenvalue weighted by Gasteiger charge is -2.13. The SMILES string of the molecule is Cc1ccn(CCCNC(=S)NC[C@@H]2CCCO2)n1. The van der Waals surface area contributed by atoms with Crippen molar-refractivity contribution in [2.24, 2.45) is 0 Å². The van der Waals surface area contributed by atoms with E-state index in [2.05, 4.69) is 15.7 Å². The summed E-state index contributed by atoms with van der Waals surface area (Å²) < 4.78 is 7.49. The molecule has 6 heteroatoms. The van der Waals surface area contributed by atoms with Gasteiger partial charge >= 0.3 is 0 Å². The molecule has 0 spiro atoms. The standard InChI is InChI=1S/C13H22N4OS/c1-11-5-8-17(16-11)7-3-6-14-13(19)15-10-12-4-2-9-18-12/h5,8,12H,2-4,6-7,9-10H2,1H3,(H2,14,15,19)/t12-/m0/s1. The second-order valence-electron chi connectivity index (χ2n) is 4.85. The number of nitrogens with one attached hydrogen (secondary N) is 2. The molecule has 106 valence electrons. The van der Waals surface area contributed by atoms with Crippen LogP contribution < -0.4 is 10.6 Å². The normalized spacial score (nSPS) is 18.5. The topological polar surface area (TPSA) is 51.1 Å². The van der Waals surface area contributed by atoms with E-state index in [1.54, 1.807) is 0 Å². The minimum absolute atomic E-state index is 0.326. The zero-order valence-corrected chi connectivity index (χ0v) is 12.2. The van der Waals surface area contributed by atoms with Crippen molar-refractivity contribution in [3.8, 4) is 0 Å². The quantitative estimate of drug-likeness (QED) is 0.607. The van der Waals surface area contributed by atoms with E-state index in [-0.39, 0.29) is 0 Å². The number of rotatable bonds is 6. The zero-order chi connectivity index (χ0) is 13.5. The van der Waals surface area contributed by atoms with Crippen LogP contribution in [0.3, 0.4) is 0 Å². The van der Waals surface area contributed by atoms with Gasteiger partial charge in [-0.2, -0.15) is 5.10 Å². The Morgan fingerprint density at radius 3 is 3.16 bits per heavy atom. The van der Waals surface area contributed by atoms with Crippen molar-refractivity contribution in [1.29, 1.82) is 0 Å². The van der Waals surface area contributed by atoms with E-state index in [1.807, 2.05) is 23.9 Å². The van der Waals surface area contributed by atoms with Gasteiger partial charge in [-0.25, -0.2) is 0 Å². The molecule has 1 fully saturated rings. The maximum Gasteiger partial charge on any atom is 0.166 e. The van der Waals surface area contributed by atoms with Gasteiger partial charge in [0, 0.05) is 32.4 Å². The van der Waals surface area contributed by atoms with Crippen LogP contribution in [-0.4, -0.2) is 40.7 Å². The van der Waals surface area contributed by atoms with Gasteiger partial charge in [0.05, 0.1) is 11.8 Å². The lowest BCUT2D eigenvalue weighted by atomic mass is 10.2. The molecule has 1 atom stereocenters. The van der Waals surface area contributed by atoms with E-state index in [0.717, 1.165) is 51.2 Å². The van der Waals surface area contributed by atoms with Crippen LogP contribution in [0.1, 0.15) is 25.0 Å². The highest BCUT2D eigenvalue weighted by Gasteiger charge is 2.14. The van der Waals surface area contributed by atoms with E-state index in [0.29, 0.717) is 11.2 Å². The fourth-order valence-electron chi connectivity index (χ4n) is 2.11. The third kappa shape index (κ3) is 5.16. The van der Waals surface area contributed by atoms with Gasteiger partial charge in [0.1, 0.15) is 0 Å². The minimum Gasteiger partial charge on any atom is -0.376 e. The van der Waals surface area contributed by atoms with Crippen molar-refractivity contribution in [3.05, 3.63) is 18.0 Å². The van der Waals surface area contributed by atoms with Crippen molar-refractivity contribution in [2.75, 3.05) is 19.7 Å². The van der Waals surface area contributed by atoms with Crippen molar-refractivity contribution < 1.29 is 4.74 Å². The summed E-state index contributed by atoms with van der Waals surface area (Å²) in [6.07, 6.45) is 5.63. The summed E-state index contributed by atoms with van der Waals surface area (Å²) in [5, 5.41) is 11.5. The fraction of sp³-hybridized carbons (Fsp3) is 0.692. The highest BCUT2D eigenvalue weighted by Crippen LogP contribution is 2.10. The lowest BCUT2D eigenvalue weighted by Crippen LogP contribution is -2.39. The highest BCUT2D eigenvalue weighted by molar-refractivity contribution is 7.80. The molecule has 0 radical (unpaired) electrons. The van der Waals surface area contributed by atoms with Gasteiger partial charge in [-0.15, -0.1) is 0 Å². The maximum absolute atomic E-state index is 5.53. The summed E-state index contributed by atoms with van der Waals surface area (Å²) >= 11 is 5.22. The van der Waals surface area contributed by atoms with Crippen molar-refractivity contribution in [3.63, 3.8) is 0 Å². The van der Waals surface area contributed by atoms with Gasteiger partial charge in [-0.1, -0.05) is 0 Å². The van der Waals surface area contributed by atoms with Crippen LogP contribution in [0.5, 0.6) is 0 Å². The van der Waals surface area contributed by atoms with Crippen molar-refractivity contribution >= 4 is 17.3 Å². The Labute approximate surface area is 119 Å². The molecule has 1 aliphatic rings. The van der Waals surface area contributed by atoms with Crippen LogP contribution in [-0.2, 0) is 11.3 Å². The number of hydrogen-bond acceptors (Lipinski definition) is 3. The first-order chi connectivity index (χ1) is 9.24. The fourth-order valence-corrected chi connectivity index (χ4v) is 2.29. The van der Waals surface area contributed by atoms with Gasteiger partial charge in [0.2, 0.25) is 0 Å². The summed E-state index contributed by atoms with van der Waals surface area (Å²) in [7, 11) is 0. The molecular weight excluding hydrogens is 260 g/mol. The summed E-state index contributed by atoms with van der Waals surface area (Å²) in [6, 6.07) is 2.02. The molecule has 1 aromatic heterocycles. The van der Waals surface area contributed by atoms with Gasteiger partial charge in [0.25, 0.3) is 0 Å². The Morgan fingerprint density at radius 1 is 1.58 bits per heavy atom. The van der Waals surface area contributed by atoms with E-state index in [1.165, 1.54) is 0 Å². The second-order valence-corrected chi connectivity index (χ2v) is 5.25. The van der Waals surface area contributed by atoms with Gasteiger partial charge < -0.3 is 15.4 Å². The minimum atomic E-state index is 0.326. The van der Waals surface area contributed by atoms with Crippen LogP contribution >= 0.6 is 12.2 Å². The Hall–Kier alpha value is -1.14. The van der Waals surface area contributed by atoms with Crippen molar-refractivity contribution in [2.45, 2.75) is 38.8 Å². The average molecular weight is 282 g/mol. The molecule has 0 bridgehead atoms. The molecule has 0 aromatic carbocycles. The van der Waals surface area contributed by atoms with Crippen LogP contribution in [0.25, 0.3) is 0 Å². The summed E-state index contributed by atoms with van der Waals surface area (Å²) in [5.74, 6) is 0. The molecule has 1 aliphatic heterocycles. The van der Waals surface area contributed by atoms with E-state index in [4.69, 9.17) is 17.0 Å². The van der Waals surface area contributed by atoms with Gasteiger partial charge in [0.15, 0.2) is 5.11 Å². The Morgan fingerprint density at radius 2 is 2.47 bits per heavy atom. The van der Waals surface area contributed by atoms with Crippen LogP contribution in [0.15, 0.2) is 12.3 Å². The average Bonchev–Trinajstić information content (AvgIpc) is 3.04. The number of thiocarbonyl (C=S) groups is 1. The smallest absolute Gasteiger partial charge is 0.166 e. The van der Waals surface area contributed by atoms with Crippen LogP contribution in [0.2, 0.25) is 0 Å². The summed E-state index contributed by atoms with van der Waals surface area (Å²) in [5.41, 5.74) is 1.06. The highest BCUT2D eigenvalue weighted by atomic mass is 32.1. The zero-order valence-electron chi connectivity index (χ0n) is 11.4. The number of nitrogens with zero attached hydrogens (tertiary/aromatic N) is 2. The number of aromatic nitrogens is 2. The predicted octanol–water partition coefficient (Wildman–Crippen LogP) is 1.22. The molecule has 1 saturated heterocycles. The molecule has 19 heavy (non-hydrogen) atoms. The van der Waals surface area contributed by atoms with Crippen LogP contribution in [0, 0.1) is 6.92 Å².